The number of nitrogens with one attached hydrogen (secondary N) is 2. The number of nitrogen functional groups attached to an aromatic ring is 2. The molecule has 0 saturated carbocycles. The van der Waals surface area contributed by atoms with Gasteiger partial charge in [-0.25, -0.2) is 8.42 Å². The molecule has 4 aromatic carbocycles. The Morgan fingerprint density at radius 3 is 1.87 bits per heavy atom. The molecule has 0 atom stereocenters. The van der Waals surface area contributed by atoms with Crippen LogP contribution in [0.4, 0.5) is 46.3 Å². The van der Waals surface area contributed by atoms with Crippen molar-refractivity contribution >= 4 is 87.9 Å². The maximum Gasteiger partial charge on any atom is 0.296 e. The van der Waals surface area contributed by atoms with E-state index in [-0.39, 0.29) is 51.5 Å². The van der Waals surface area contributed by atoms with Crippen molar-refractivity contribution in [2.24, 2.45) is 0 Å². The number of hydrogen-bond acceptors (Lipinski definition) is 16. The number of hydrogen-bond donors (Lipinski definition) is 6. The molecule has 1 heterocycles. The average Bonchev–Trinajstić information content (AvgIpc) is 3.10. The standard InChI is InChI=1S/C32H26N8O10S3/c1-3-51(43,44)18-12-13-22(23(14-18)52(45,46)47)40(2)32-38-30(34)37-31(39-32)36-17-10-8-16(9-11-17)35-21-15-24(53(48,49)50)27(33)26-25(21)28(41)19-6-4-5-7-20(19)29(26)42/h3-15,35H,1,33H2,2H3,(H,45,46,47)(H,48,49,50)(H3,34,36,37,38,39). The Labute approximate surface area is 301 Å². The zero-order valence-electron chi connectivity index (χ0n) is 27.0. The van der Waals surface area contributed by atoms with Gasteiger partial charge in [-0.3, -0.25) is 18.7 Å². The van der Waals surface area contributed by atoms with Crippen LogP contribution in [0.1, 0.15) is 31.8 Å². The highest BCUT2D eigenvalue weighted by Crippen LogP contribution is 2.40. The van der Waals surface area contributed by atoms with Crippen LogP contribution in [-0.4, -0.2) is 67.9 Å². The molecular formula is C32H26N8O10S3. The molecule has 18 nitrogen and oxygen atoms in total. The quantitative estimate of drug-likeness (QED) is 0.0857. The minimum atomic E-state index is -4.96. The predicted molar refractivity (Wildman–Crippen MR) is 193 cm³/mol. The molecule has 0 aliphatic heterocycles. The summed E-state index contributed by atoms with van der Waals surface area (Å²) in [6.45, 7) is 3.21. The van der Waals surface area contributed by atoms with Crippen molar-refractivity contribution in [1.82, 2.24) is 15.0 Å². The van der Waals surface area contributed by atoms with Crippen molar-refractivity contribution in [3.8, 4) is 0 Å². The van der Waals surface area contributed by atoms with Crippen molar-refractivity contribution in [1.29, 1.82) is 0 Å². The van der Waals surface area contributed by atoms with E-state index < -0.39 is 62.0 Å². The largest absolute Gasteiger partial charge is 0.397 e. The summed E-state index contributed by atoms with van der Waals surface area (Å²) in [4.78, 5) is 38.5. The Morgan fingerprint density at radius 1 is 0.736 bits per heavy atom. The maximum absolute atomic E-state index is 13.6. The van der Waals surface area contributed by atoms with Crippen LogP contribution >= 0.6 is 0 Å². The summed E-state index contributed by atoms with van der Waals surface area (Å²) in [6.07, 6.45) is 0. The van der Waals surface area contributed by atoms with E-state index >= 15 is 0 Å². The van der Waals surface area contributed by atoms with Gasteiger partial charge in [0, 0.05) is 35.0 Å². The summed E-state index contributed by atoms with van der Waals surface area (Å²) in [7, 11) is -12.6. The van der Waals surface area contributed by atoms with E-state index in [4.69, 9.17) is 11.5 Å². The third kappa shape index (κ3) is 6.88. The van der Waals surface area contributed by atoms with E-state index in [1.807, 2.05) is 0 Å². The van der Waals surface area contributed by atoms with Crippen LogP contribution in [-0.2, 0) is 30.1 Å². The lowest BCUT2D eigenvalue weighted by Gasteiger charge is -2.23. The maximum atomic E-state index is 13.6. The molecule has 0 bridgehead atoms. The second kappa shape index (κ2) is 13.1. The van der Waals surface area contributed by atoms with Gasteiger partial charge in [-0.2, -0.15) is 31.8 Å². The van der Waals surface area contributed by atoms with Crippen LogP contribution in [0.15, 0.2) is 99.5 Å². The number of rotatable bonds is 10. The number of anilines is 8. The molecular weight excluding hydrogens is 753 g/mol. The monoisotopic (exact) mass is 778 g/mol. The number of aromatic nitrogens is 3. The number of sulfone groups is 1. The predicted octanol–water partition coefficient (Wildman–Crippen LogP) is 3.48. The van der Waals surface area contributed by atoms with Crippen LogP contribution in [0.5, 0.6) is 0 Å². The van der Waals surface area contributed by atoms with E-state index in [1.165, 1.54) is 49.5 Å². The van der Waals surface area contributed by atoms with Crippen molar-refractivity contribution in [3.63, 3.8) is 0 Å². The van der Waals surface area contributed by atoms with Gasteiger partial charge in [-0.15, -0.1) is 0 Å². The lowest BCUT2D eigenvalue weighted by Crippen LogP contribution is -2.25. The van der Waals surface area contributed by atoms with Crippen molar-refractivity contribution in [2.45, 2.75) is 14.7 Å². The van der Waals surface area contributed by atoms with Gasteiger partial charge in [-0.1, -0.05) is 30.8 Å². The fraction of sp³-hybridized carbons (Fsp3) is 0.0312. The SMILES string of the molecule is C=CS(=O)(=O)c1ccc(N(C)c2nc(N)nc(Nc3ccc(Nc4cc(S(=O)(=O)O)c(N)c5c4C(=O)c4ccccc4C5=O)cc3)n2)c(S(=O)(=O)O)c1. The highest BCUT2D eigenvalue weighted by Gasteiger charge is 2.36. The normalized spacial score (nSPS) is 12.8. The number of carbonyl (C=O) groups is 2. The van der Waals surface area contributed by atoms with Crippen LogP contribution < -0.4 is 27.0 Å². The number of nitrogens with zero attached hydrogens (tertiary/aromatic N) is 4. The first-order valence-electron chi connectivity index (χ1n) is 14.8. The molecule has 1 aromatic heterocycles. The first-order chi connectivity index (χ1) is 24.8. The molecule has 1 aliphatic carbocycles. The minimum absolute atomic E-state index is 0.0228. The van der Waals surface area contributed by atoms with Crippen LogP contribution in [0.25, 0.3) is 0 Å². The topological polar surface area (TPSA) is 295 Å². The van der Waals surface area contributed by atoms with Crippen molar-refractivity contribution in [3.05, 3.63) is 107 Å². The molecule has 0 radical (unpaired) electrons. The molecule has 0 amide bonds. The second-order valence-corrected chi connectivity index (χ2v) is 16.0. The summed E-state index contributed by atoms with van der Waals surface area (Å²) in [5, 5.41) is 6.43. The smallest absolute Gasteiger partial charge is 0.296 e. The zero-order valence-corrected chi connectivity index (χ0v) is 29.5. The van der Waals surface area contributed by atoms with E-state index in [0.29, 0.717) is 16.8 Å². The summed E-state index contributed by atoms with van der Waals surface area (Å²) in [5.41, 5.74) is 11.3. The van der Waals surface area contributed by atoms with E-state index in [2.05, 4.69) is 32.2 Å². The fourth-order valence-corrected chi connectivity index (χ4v) is 7.67. The van der Waals surface area contributed by atoms with Crippen molar-refractivity contribution in [2.75, 3.05) is 34.0 Å². The molecule has 0 spiro atoms. The van der Waals surface area contributed by atoms with Gasteiger partial charge in [0.15, 0.2) is 21.4 Å². The summed E-state index contributed by atoms with van der Waals surface area (Å²) < 4.78 is 93.3. The Morgan fingerprint density at radius 2 is 1.30 bits per heavy atom. The lowest BCUT2D eigenvalue weighted by atomic mass is 9.82. The lowest BCUT2D eigenvalue weighted by molar-refractivity contribution is 0.0980. The summed E-state index contributed by atoms with van der Waals surface area (Å²) in [5.74, 6) is -1.92. The second-order valence-electron chi connectivity index (χ2n) is 11.3. The molecule has 0 saturated heterocycles. The van der Waals surface area contributed by atoms with Crippen LogP contribution in [0.3, 0.4) is 0 Å². The van der Waals surface area contributed by atoms with E-state index in [0.717, 1.165) is 29.2 Å². The van der Waals surface area contributed by atoms with Gasteiger partial charge in [0.2, 0.25) is 17.8 Å². The van der Waals surface area contributed by atoms with Crippen LogP contribution in [0.2, 0.25) is 0 Å². The van der Waals surface area contributed by atoms with E-state index in [9.17, 15) is 43.9 Å². The molecule has 1 aliphatic rings. The van der Waals surface area contributed by atoms with Gasteiger partial charge in [-0.05, 0) is 48.5 Å². The third-order valence-electron chi connectivity index (χ3n) is 7.96. The van der Waals surface area contributed by atoms with Gasteiger partial charge in [0.05, 0.1) is 33.1 Å². The molecule has 272 valence electrons. The molecule has 0 unspecified atom stereocenters. The highest BCUT2D eigenvalue weighted by molar-refractivity contribution is 7.94. The molecule has 5 aromatic rings. The average molecular weight is 779 g/mol. The Balaban J connectivity index is 1.31. The van der Waals surface area contributed by atoms with Gasteiger partial charge >= 0.3 is 0 Å². The first kappa shape index (κ1) is 36.5. The van der Waals surface area contributed by atoms with Gasteiger partial charge in [0.25, 0.3) is 20.2 Å². The summed E-state index contributed by atoms with van der Waals surface area (Å²) in [6, 6.07) is 16.0. The number of fused-ring (bicyclic) bond motifs is 2. The van der Waals surface area contributed by atoms with Crippen LogP contribution in [0, 0.1) is 0 Å². The molecule has 21 heteroatoms. The van der Waals surface area contributed by atoms with Gasteiger partial charge in [0.1, 0.15) is 9.79 Å². The summed E-state index contributed by atoms with van der Waals surface area (Å²) >= 11 is 0. The number of nitrogens with two attached hydrogens (primary N) is 2. The number of ketones is 2. The Kier molecular flexibility index (Phi) is 9.00. The third-order valence-corrected chi connectivity index (χ3v) is 11.1. The highest BCUT2D eigenvalue weighted by atomic mass is 32.2. The Hall–Kier alpha value is -6.26. The van der Waals surface area contributed by atoms with Gasteiger partial charge < -0.3 is 27.0 Å². The zero-order chi connectivity index (χ0) is 38.6. The number of benzene rings is 4. The first-order valence-corrected chi connectivity index (χ1v) is 19.2. The minimum Gasteiger partial charge on any atom is -0.397 e. The fourth-order valence-electron chi connectivity index (χ4n) is 5.47. The Bertz CT molecular complexity index is 2740. The molecule has 53 heavy (non-hydrogen) atoms. The molecule has 6 rings (SSSR count). The van der Waals surface area contributed by atoms with Crippen molar-refractivity contribution < 1.29 is 43.9 Å². The van der Waals surface area contributed by atoms with E-state index in [1.54, 1.807) is 6.07 Å². The molecule has 0 fully saturated rings. The number of carbonyl (C=O) groups excluding carboxylic acids is 2. The molecule has 8 N–H and O–H groups in total.